The molecule has 0 saturated carbocycles. The molecule has 0 amide bonds. The van der Waals surface area contributed by atoms with Gasteiger partial charge in [-0.05, 0) is 75.9 Å². The minimum Gasteiger partial charge on any atom is -0.495 e. The van der Waals surface area contributed by atoms with Crippen LogP contribution in [0.25, 0.3) is 26.0 Å². The zero-order chi connectivity index (χ0) is 23.2. The number of hydrogen-bond acceptors (Lipinski definition) is 7. The minimum atomic E-state index is -0.00423. The summed E-state index contributed by atoms with van der Waals surface area (Å²) in [6, 6.07) is 8.68. The van der Waals surface area contributed by atoms with Crippen LogP contribution < -0.4 is 15.8 Å². The quantitative estimate of drug-likeness (QED) is 0.420. The molecule has 4 heterocycles. The van der Waals surface area contributed by atoms with E-state index < -0.39 is 0 Å². The lowest BCUT2D eigenvalue weighted by Gasteiger charge is -2.31. The number of likely N-dealkylation sites (tertiary alicyclic amines) is 1. The van der Waals surface area contributed by atoms with Crippen molar-refractivity contribution in [3.8, 4) is 16.2 Å². The first-order valence-corrected chi connectivity index (χ1v) is 12.3. The van der Waals surface area contributed by atoms with Crippen molar-refractivity contribution in [3.05, 3.63) is 41.9 Å². The van der Waals surface area contributed by atoms with Crippen LogP contribution in [0.15, 0.2) is 30.6 Å². The van der Waals surface area contributed by atoms with Crippen molar-refractivity contribution in [2.75, 3.05) is 32.5 Å². The fourth-order valence-electron chi connectivity index (χ4n) is 4.88. The Balaban J connectivity index is 1.51. The molecule has 0 spiro atoms. The summed E-state index contributed by atoms with van der Waals surface area (Å²) in [6.45, 7) is 10.8. The van der Waals surface area contributed by atoms with Gasteiger partial charge in [-0.3, -0.25) is 0 Å². The Morgan fingerprint density at radius 2 is 1.97 bits per heavy atom. The summed E-state index contributed by atoms with van der Waals surface area (Å²) in [4.78, 5) is 7.96. The third-order valence-electron chi connectivity index (χ3n) is 6.43. The number of ether oxygens (including phenoxy) is 1. The average molecular weight is 465 g/mol. The van der Waals surface area contributed by atoms with Gasteiger partial charge in [0, 0.05) is 29.1 Å². The van der Waals surface area contributed by atoms with Crippen LogP contribution in [0.4, 0.5) is 5.82 Å². The summed E-state index contributed by atoms with van der Waals surface area (Å²) in [5.41, 5.74) is 10.5. The first-order valence-electron chi connectivity index (χ1n) is 11.5. The predicted molar refractivity (Wildman–Crippen MR) is 136 cm³/mol. The lowest BCUT2D eigenvalue weighted by molar-refractivity contribution is 0.233. The molecule has 174 valence electrons. The van der Waals surface area contributed by atoms with Gasteiger partial charge in [-0.1, -0.05) is 6.07 Å². The molecule has 4 aromatic rings. The van der Waals surface area contributed by atoms with Gasteiger partial charge in [0.05, 0.1) is 17.5 Å². The molecule has 0 radical (unpaired) electrons. The number of hydrogen-bond donors (Lipinski definition) is 2. The molecule has 7 nitrogen and oxygen atoms in total. The van der Waals surface area contributed by atoms with Gasteiger partial charge in [0.1, 0.15) is 17.6 Å². The summed E-state index contributed by atoms with van der Waals surface area (Å²) in [5, 5.41) is 9.47. The van der Waals surface area contributed by atoms with E-state index in [1.165, 1.54) is 43.2 Å². The van der Waals surface area contributed by atoms with Crippen LogP contribution in [0.5, 0.6) is 5.75 Å². The number of aromatic nitrogens is 3. The van der Waals surface area contributed by atoms with E-state index in [2.05, 4.69) is 65.3 Å². The molecular weight excluding hydrogens is 432 g/mol. The molecule has 0 aliphatic carbocycles. The van der Waals surface area contributed by atoms with E-state index >= 15 is 0 Å². The largest absolute Gasteiger partial charge is 0.495 e. The Hall–Kier alpha value is -2.68. The number of aryl methyl sites for hydroxylation is 1. The third-order valence-corrected chi connectivity index (χ3v) is 7.63. The van der Waals surface area contributed by atoms with Crippen LogP contribution >= 0.6 is 11.3 Å². The molecule has 1 aliphatic heterocycles. The molecule has 5 rings (SSSR count). The van der Waals surface area contributed by atoms with Gasteiger partial charge in [-0.15, -0.1) is 11.3 Å². The van der Waals surface area contributed by atoms with Crippen LogP contribution in [0.2, 0.25) is 0 Å². The summed E-state index contributed by atoms with van der Waals surface area (Å²) in [6.07, 6.45) is 4.14. The number of anilines is 1. The zero-order valence-corrected chi connectivity index (χ0v) is 20.6. The second-order valence-electron chi connectivity index (χ2n) is 9.67. The topological polar surface area (TPSA) is 80.7 Å². The number of fused-ring (bicyclic) bond motifs is 2. The van der Waals surface area contributed by atoms with E-state index in [0.29, 0.717) is 12.4 Å². The second kappa shape index (κ2) is 8.59. The molecule has 0 bridgehead atoms. The Morgan fingerprint density at radius 1 is 1.18 bits per heavy atom. The molecule has 3 N–H and O–H groups in total. The number of benzene rings is 1. The van der Waals surface area contributed by atoms with E-state index in [-0.39, 0.29) is 5.54 Å². The fraction of sp³-hybridized carbons (Fsp3) is 0.440. The maximum Gasteiger partial charge on any atom is 0.152 e. The standard InChI is InChI=1S/C25H32N6OS/c1-16-9-17-11-21(33-23(17)20(10-16)32-4)19-12-18(31-22(19)24(26)27-15-29-31)13-28-25(2,3)14-30-7-5-6-8-30/h9-12,15,28H,5-8,13-14H2,1-4H3,(H2,26,27,29). The number of nitrogens with one attached hydrogen (secondary N) is 1. The van der Waals surface area contributed by atoms with E-state index in [4.69, 9.17) is 10.5 Å². The van der Waals surface area contributed by atoms with Crippen LogP contribution in [0, 0.1) is 6.92 Å². The molecule has 0 atom stereocenters. The fourth-order valence-corrected chi connectivity index (χ4v) is 6.03. The van der Waals surface area contributed by atoms with Crippen molar-refractivity contribution < 1.29 is 4.74 Å². The highest BCUT2D eigenvalue weighted by molar-refractivity contribution is 7.22. The Kier molecular flexibility index (Phi) is 5.76. The van der Waals surface area contributed by atoms with Crippen molar-refractivity contribution in [1.29, 1.82) is 0 Å². The molecule has 0 unspecified atom stereocenters. The summed E-state index contributed by atoms with van der Waals surface area (Å²) < 4.78 is 8.72. The summed E-state index contributed by atoms with van der Waals surface area (Å²) in [7, 11) is 1.72. The van der Waals surface area contributed by atoms with Crippen molar-refractivity contribution in [1.82, 2.24) is 24.8 Å². The van der Waals surface area contributed by atoms with Crippen molar-refractivity contribution in [2.24, 2.45) is 0 Å². The second-order valence-corrected chi connectivity index (χ2v) is 10.7. The molecule has 1 aliphatic rings. The average Bonchev–Trinajstić information content (AvgIpc) is 3.50. The molecule has 1 aromatic carbocycles. The first kappa shape index (κ1) is 22.1. The lowest BCUT2D eigenvalue weighted by atomic mass is 10.0. The lowest BCUT2D eigenvalue weighted by Crippen LogP contribution is -2.48. The van der Waals surface area contributed by atoms with Crippen molar-refractivity contribution in [2.45, 2.75) is 45.7 Å². The summed E-state index contributed by atoms with van der Waals surface area (Å²) >= 11 is 1.72. The highest BCUT2D eigenvalue weighted by atomic mass is 32.1. The Labute approximate surface area is 198 Å². The molecule has 1 fully saturated rings. The molecule has 8 heteroatoms. The number of methoxy groups -OCH3 is 1. The van der Waals surface area contributed by atoms with Crippen molar-refractivity contribution in [3.63, 3.8) is 0 Å². The van der Waals surface area contributed by atoms with Gasteiger partial charge in [0.15, 0.2) is 5.82 Å². The highest BCUT2D eigenvalue weighted by Crippen LogP contribution is 2.42. The van der Waals surface area contributed by atoms with Crippen molar-refractivity contribution >= 4 is 32.8 Å². The van der Waals surface area contributed by atoms with E-state index in [1.54, 1.807) is 18.4 Å². The van der Waals surface area contributed by atoms with E-state index in [1.807, 2.05) is 4.52 Å². The molecular formula is C25H32N6OS. The Bertz CT molecular complexity index is 1300. The van der Waals surface area contributed by atoms with Gasteiger partial charge in [-0.25, -0.2) is 9.50 Å². The van der Waals surface area contributed by atoms with Gasteiger partial charge < -0.3 is 20.7 Å². The van der Waals surface area contributed by atoms with Crippen LogP contribution in [-0.2, 0) is 6.54 Å². The van der Waals surface area contributed by atoms with E-state index in [9.17, 15) is 0 Å². The monoisotopic (exact) mass is 464 g/mol. The van der Waals surface area contributed by atoms with Crippen LogP contribution in [0.3, 0.4) is 0 Å². The number of thiophene rings is 1. The number of rotatable bonds is 7. The number of nitrogens with two attached hydrogens (primary N) is 1. The molecule has 3 aromatic heterocycles. The smallest absolute Gasteiger partial charge is 0.152 e. The summed E-state index contributed by atoms with van der Waals surface area (Å²) in [5.74, 6) is 1.39. The maximum atomic E-state index is 6.35. The highest BCUT2D eigenvalue weighted by Gasteiger charge is 2.25. The SMILES string of the molecule is COc1cc(C)cc2cc(-c3cc(CNC(C)(C)CN4CCCC4)n4ncnc(N)c34)sc12. The first-order chi connectivity index (χ1) is 15.8. The minimum absolute atomic E-state index is 0.00423. The Morgan fingerprint density at radius 3 is 2.73 bits per heavy atom. The normalized spacial score (nSPS) is 15.2. The van der Waals surface area contributed by atoms with Gasteiger partial charge in [0.2, 0.25) is 0 Å². The van der Waals surface area contributed by atoms with Crippen LogP contribution in [-0.4, -0.2) is 51.8 Å². The predicted octanol–water partition coefficient (Wildman–Crippen LogP) is 4.47. The molecule has 1 saturated heterocycles. The van der Waals surface area contributed by atoms with Gasteiger partial charge in [0.25, 0.3) is 0 Å². The van der Waals surface area contributed by atoms with E-state index in [0.717, 1.165) is 38.6 Å². The van der Waals surface area contributed by atoms with Gasteiger partial charge >= 0.3 is 0 Å². The zero-order valence-electron chi connectivity index (χ0n) is 19.8. The number of nitrogens with zero attached hydrogens (tertiary/aromatic N) is 4. The third kappa shape index (κ3) is 4.30. The maximum absolute atomic E-state index is 6.35. The number of nitrogen functional groups attached to an aromatic ring is 1. The molecule has 33 heavy (non-hydrogen) atoms. The van der Waals surface area contributed by atoms with Gasteiger partial charge in [-0.2, -0.15) is 5.10 Å². The van der Waals surface area contributed by atoms with Crippen LogP contribution in [0.1, 0.15) is 37.9 Å².